The highest BCUT2D eigenvalue weighted by Crippen LogP contribution is 2.38. The molecule has 1 saturated heterocycles. The van der Waals surface area contributed by atoms with Crippen molar-refractivity contribution >= 4 is 11.8 Å². The number of likely N-dealkylation sites (tertiary alicyclic amines) is 1. The van der Waals surface area contributed by atoms with E-state index in [1.807, 2.05) is 42.2 Å². The molecule has 3 unspecified atom stereocenters. The Balaban J connectivity index is 1.48. The number of piperidine rings is 1. The fourth-order valence-corrected chi connectivity index (χ4v) is 4.17. The number of nitrogens with one attached hydrogen (secondary N) is 1. The number of hydrogen-bond acceptors (Lipinski definition) is 3. The second-order valence-corrected chi connectivity index (χ2v) is 6.84. The molecule has 4 rings (SSSR count). The lowest BCUT2D eigenvalue weighted by Crippen LogP contribution is -2.52. The average molecular weight is 338 g/mol. The Morgan fingerprint density at radius 3 is 2.72 bits per heavy atom. The number of fused-ring (bicyclic) bond motifs is 2. The molecule has 1 saturated carbocycles. The number of aryl methyl sites for hydroxylation is 1. The molecule has 1 aromatic heterocycles. The SMILES string of the molecule is CCn1nccc1C(=O)N1CC2CC(NC(=O)c3ccccc3)C1C2. The Morgan fingerprint density at radius 2 is 2.00 bits per heavy atom. The van der Waals surface area contributed by atoms with E-state index in [2.05, 4.69) is 10.4 Å². The highest BCUT2D eigenvalue weighted by atomic mass is 16.2. The van der Waals surface area contributed by atoms with Crippen molar-refractivity contribution in [3.05, 3.63) is 53.9 Å². The first-order valence-corrected chi connectivity index (χ1v) is 8.86. The minimum absolute atomic E-state index is 0.0190. The van der Waals surface area contributed by atoms with Crippen LogP contribution in [0.1, 0.15) is 40.6 Å². The van der Waals surface area contributed by atoms with E-state index in [-0.39, 0.29) is 23.9 Å². The summed E-state index contributed by atoms with van der Waals surface area (Å²) in [5, 5.41) is 7.33. The predicted octanol–water partition coefficient (Wildman–Crippen LogP) is 1.94. The molecule has 2 aliphatic rings. The molecule has 2 fully saturated rings. The second kappa shape index (κ2) is 6.35. The number of carbonyl (C=O) groups excluding carboxylic acids is 2. The van der Waals surface area contributed by atoms with Gasteiger partial charge in [0.1, 0.15) is 5.69 Å². The number of benzene rings is 1. The van der Waals surface area contributed by atoms with Gasteiger partial charge in [-0.2, -0.15) is 5.10 Å². The van der Waals surface area contributed by atoms with Crippen molar-refractivity contribution in [2.45, 2.75) is 38.4 Å². The Kier molecular flexibility index (Phi) is 4.03. The zero-order chi connectivity index (χ0) is 17.4. The third kappa shape index (κ3) is 2.81. The first-order chi connectivity index (χ1) is 12.2. The van der Waals surface area contributed by atoms with Crippen molar-refractivity contribution in [3.8, 4) is 0 Å². The van der Waals surface area contributed by atoms with E-state index in [1.165, 1.54) is 0 Å². The quantitative estimate of drug-likeness (QED) is 0.926. The van der Waals surface area contributed by atoms with Gasteiger partial charge in [0.2, 0.25) is 0 Å². The summed E-state index contributed by atoms with van der Waals surface area (Å²) in [6, 6.07) is 11.1. The van der Waals surface area contributed by atoms with Gasteiger partial charge in [-0.25, -0.2) is 0 Å². The Labute approximate surface area is 146 Å². The van der Waals surface area contributed by atoms with Crippen LogP contribution in [0.25, 0.3) is 0 Å². The first kappa shape index (κ1) is 15.9. The van der Waals surface area contributed by atoms with Crippen LogP contribution in [0.5, 0.6) is 0 Å². The molecular formula is C19H22N4O2. The van der Waals surface area contributed by atoms with Crippen LogP contribution < -0.4 is 5.32 Å². The van der Waals surface area contributed by atoms with Crippen LogP contribution in [0.4, 0.5) is 0 Å². The molecule has 6 nitrogen and oxygen atoms in total. The normalized spacial score (nSPS) is 24.5. The van der Waals surface area contributed by atoms with E-state index in [1.54, 1.807) is 16.9 Å². The van der Waals surface area contributed by atoms with Crippen LogP contribution in [0, 0.1) is 5.92 Å². The zero-order valence-corrected chi connectivity index (χ0v) is 14.3. The lowest BCUT2D eigenvalue weighted by molar-refractivity contribution is 0.0637. The van der Waals surface area contributed by atoms with Crippen LogP contribution in [0.3, 0.4) is 0 Å². The first-order valence-electron chi connectivity index (χ1n) is 8.86. The molecule has 2 aromatic rings. The van der Waals surface area contributed by atoms with E-state index in [0.29, 0.717) is 23.7 Å². The van der Waals surface area contributed by atoms with Crippen molar-refractivity contribution in [1.82, 2.24) is 20.0 Å². The summed E-state index contributed by atoms with van der Waals surface area (Å²) in [5.41, 5.74) is 1.29. The number of hydrogen-bond donors (Lipinski definition) is 1. The summed E-state index contributed by atoms with van der Waals surface area (Å²) in [6.07, 6.45) is 3.57. The smallest absolute Gasteiger partial charge is 0.272 e. The van der Waals surface area contributed by atoms with Crippen LogP contribution >= 0.6 is 0 Å². The fourth-order valence-electron chi connectivity index (χ4n) is 4.17. The monoisotopic (exact) mass is 338 g/mol. The van der Waals surface area contributed by atoms with E-state index >= 15 is 0 Å². The summed E-state index contributed by atoms with van der Waals surface area (Å²) < 4.78 is 1.73. The summed E-state index contributed by atoms with van der Waals surface area (Å²) in [7, 11) is 0. The molecule has 1 N–H and O–H groups in total. The predicted molar refractivity (Wildman–Crippen MR) is 93.1 cm³/mol. The number of amides is 2. The van der Waals surface area contributed by atoms with E-state index in [9.17, 15) is 9.59 Å². The fraction of sp³-hybridized carbons (Fsp3) is 0.421. The highest BCUT2D eigenvalue weighted by molar-refractivity contribution is 5.95. The van der Waals surface area contributed by atoms with Gasteiger partial charge < -0.3 is 10.2 Å². The van der Waals surface area contributed by atoms with Gasteiger partial charge in [-0.1, -0.05) is 18.2 Å². The molecule has 3 atom stereocenters. The molecule has 2 bridgehead atoms. The van der Waals surface area contributed by atoms with Gasteiger partial charge in [0.25, 0.3) is 11.8 Å². The Bertz CT molecular complexity index is 786. The van der Waals surface area contributed by atoms with Gasteiger partial charge in [-0.3, -0.25) is 14.3 Å². The minimum Gasteiger partial charge on any atom is -0.347 e. The molecule has 25 heavy (non-hydrogen) atoms. The standard InChI is InChI=1S/C19H22N4O2/c1-2-23-16(8-9-20-23)19(25)22-12-13-10-15(17(22)11-13)21-18(24)14-6-4-3-5-7-14/h3-9,13,15,17H,2,10-12H2,1H3,(H,21,24). The van der Waals surface area contributed by atoms with Crippen molar-refractivity contribution in [2.24, 2.45) is 5.92 Å². The van der Waals surface area contributed by atoms with Crippen LogP contribution in [-0.2, 0) is 6.54 Å². The van der Waals surface area contributed by atoms with Crippen molar-refractivity contribution < 1.29 is 9.59 Å². The largest absolute Gasteiger partial charge is 0.347 e. The molecule has 1 aliphatic heterocycles. The number of aromatic nitrogens is 2. The molecular weight excluding hydrogens is 316 g/mol. The Hall–Kier alpha value is -2.63. The molecule has 1 aliphatic carbocycles. The summed E-state index contributed by atoms with van der Waals surface area (Å²) in [5.74, 6) is 0.419. The third-order valence-corrected chi connectivity index (χ3v) is 5.33. The average Bonchev–Trinajstić information content (AvgIpc) is 3.36. The molecule has 0 spiro atoms. The number of nitrogens with zero attached hydrogens (tertiary/aromatic N) is 3. The van der Waals surface area contributed by atoms with Gasteiger partial charge in [0.15, 0.2) is 0 Å². The zero-order valence-electron chi connectivity index (χ0n) is 14.3. The highest BCUT2D eigenvalue weighted by Gasteiger charge is 2.47. The van der Waals surface area contributed by atoms with Crippen molar-refractivity contribution in [2.75, 3.05) is 6.54 Å². The van der Waals surface area contributed by atoms with E-state index in [4.69, 9.17) is 0 Å². The summed E-state index contributed by atoms with van der Waals surface area (Å²) >= 11 is 0. The number of rotatable bonds is 4. The van der Waals surface area contributed by atoms with E-state index < -0.39 is 0 Å². The van der Waals surface area contributed by atoms with Crippen LogP contribution in [0.15, 0.2) is 42.6 Å². The lowest BCUT2D eigenvalue weighted by Gasteiger charge is -2.33. The molecule has 2 heterocycles. The third-order valence-electron chi connectivity index (χ3n) is 5.33. The molecule has 0 radical (unpaired) electrons. The van der Waals surface area contributed by atoms with E-state index in [0.717, 1.165) is 19.4 Å². The molecule has 6 heteroatoms. The maximum absolute atomic E-state index is 12.9. The van der Waals surface area contributed by atoms with Crippen molar-refractivity contribution in [1.29, 1.82) is 0 Å². The summed E-state index contributed by atoms with van der Waals surface area (Å²) in [4.78, 5) is 27.3. The molecule has 1 aromatic carbocycles. The molecule has 2 amide bonds. The lowest BCUT2D eigenvalue weighted by atomic mass is 10.0. The Morgan fingerprint density at radius 1 is 1.20 bits per heavy atom. The van der Waals surface area contributed by atoms with Gasteiger partial charge in [0.05, 0.1) is 6.04 Å². The van der Waals surface area contributed by atoms with Gasteiger partial charge >= 0.3 is 0 Å². The topological polar surface area (TPSA) is 67.2 Å². The maximum atomic E-state index is 12.9. The molecule has 130 valence electrons. The van der Waals surface area contributed by atoms with Gasteiger partial charge in [-0.05, 0) is 43.9 Å². The second-order valence-electron chi connectivity index (χ2n) is 6.84. The summed E-state index contributed by atoms with van der Waals surface area (Å²) in [6.45, 7) is 3.42. The minimum atomic E-state index is -0.0656. The van der Waals surface area contributed by atoms with Crippen LogP contribution in [0.2, 0.25) is 0 Å². The number of carbonyl (C=O) groups is 2. The van der Waals surface area contributed by atoms with Crippen molar-refractivity contribution in [3.63, 3.8) is 0 Å². The van der Waals surface area contributed by atoms with Gasteiger partial charge in [0, 0.05) is 30.9 Å². The van der Waals surface area contributed by atoms with Gasteiger partial charge in [-0.15, -0.1) is 0 Å². The van der Waals surface area contributed by atoms with Crippen LogP contribution in [-0.4, -0.2) is 45.1 Å². The maximum Gasteiger partial charge on any atom is 0.272 e.